The Kier molecular flexibility index (Phi) is 5.13. The van der Waals surface area contributed by atoms with E-state index in [1.54, 1.807) is 0 Å². The van der Waals surface area contributed by atoms with Crippen molar-refractivity contribution >= 4 is 27.7 Å². The van der Waals surface area contributed by atoms with Gasteiger partial charge in [0, 0.05) is 48.4 Å². The summed E-state index contributed by atoms with van der Waals surface area (Å²) in [6.07, 6.45) is 11.9. The van der Waals surface area contributed by atoms with Crippen LogP contribution in [0.3, 0.4) is 0 Å². The van der Waals surface area contributed by atoms with Crippen molar-refractivity contribution in [3.8, 4) is 5.82 Å². The zero-order valence-corrected chi connectivity index (χ0v) is 19.1. The molecule has 34 heavy (non-hydrogen) atoms. The van der Waals surface area contributed by atoms with Gasteiger partial charge in [-0.1, -0.05) is 18.6 Å². The summed E-state index contributed by atoms with van der Waals surface area (Å²) >= 11 is 0. The van der Waals surface area contributed by atoms with Gasteiger partial charge in [-0.3, -0.25) is 4.79 Å². The summed E-state index contributed by atoms with van der Waals surface area (Å²) in [5.74, 6) is 1.45. The minimum Gasteiger partial charge on any atom is -0.349 e. The lowest BCUT2D eigenvalue weighted by Gasteiger charge is -2.30. The lowest BCUT2D eigenvalue weighted by Crippen LogP contribution is -2.39. The molecule has 172 valence electrons. The topological polar surface area (TPSA) is 82.6 Å². The van der Waals surface area contributed by atoms with Crippen LogP contribution in [-0.2, 0) is 13.6 Å². The minimum absolute atomic E-state index is 0.0195. The van der Waals surface area contributed by atoms with Crippen LogP contribution in [0.25, 0.3) is 27.6 Å². The molecule has 5 aromatic rings. The molecule has 1 aliphatic carbocycles. The van der Waals surface area contributed by atoms with Crippen LogP contribution < -0.4 is 5.32 Å². The van der Waals surface area contributed by atoms with Gasteiger partial charge in [0.15, 0.2) is 5.82 Å². The molecule has 0 aliphatic heterocycles. The van der Waals surface area contributed by atoms with Crippen molar-refractivity contribution in [2.24, 2.45) is 13.0 Å². The van der Waals surface area contributed by atoms with E-state index in [-0.39, 0.29) is 11.9 Å². The first-order valence-electron chi connectivity index (χ1n) is 11.8. The zero-order valence-electron chi connectivity index (χ0n) is 19.1. The molecule has 1 amide bonds. The van der Waals surface area contributed by atoms with E-state index in [4.69, 9.17) is 0 Å². The molecule has 1 aliphatic rings. The molecule has 0 saturated heterocycles. The molecular formula is C26H27N7O. The third kappa shape index (κ3) is 3.75. The van der Waals surface area contributed by atoms with Crippen molar-refractivity contribution in [1.82, 2.24) is 34.4 Å². The first kappa shape index (κ1) is 20.7. The Bertz CT molecular complexity index is 1460. The zero-order chi connectivity index (χ0) is 23.1. The van der Waals surface area contributed by atoms with E-state index in [9.17, 15) is 4.79 Å². The summed E-state index contributed by atoms with van der Waals surface area (Å²) in [4.78, 5) is 17.2. The Morgan fingerprint density at radius 3 is 2.97 bits per heavy atom. The van der Waals surface area contributed by atoms with Crippen molar-refractivity contribution in [1.29, 1.82) is 0 Å². The molecule has 2 unspecified atom stereocenters. The molecule has 6 rings (SSSR count). The van der Waals surface area contributed by atoms with Crippen molar-refractivity contribution in [2.45, 2.75) is 38.3 Å². The van der Waals surface area contributed by atoms with Gasteiger partial charge in [-0.05, 0) is 55.5 Å². The summed E-state index contributed by atoms with van der Waals surface area (Å²) in [6, 6.07) is 14.0. The molecule has 1 saturated carbocycles. The van der Waals surface area contributed by atoms with Gasteiger partial charge in [0.2, 0.25) is 0 Å². The summed E-state index contributed by atoms with van der Waals surface area (Å²) in [5.41, 5.74) is 2.54. The highest BCUT2D eigenvalue weighted by atomic mass is 16.1. The average molecular weight is 454 g/mol. The van der Waals surface area contributed by atoms with E-state index in [2.05, 4.69) is 31.1 Å². The lowest BCUT2D eigenvalue weighted by molar-refractivity contribution is 0.0917. The van der Waals surface area contributed by atoms with Crippen molar-refractivity contribution < 1.29 is 4.79 Å². The molecule has 1 N–H and O–H groups in total. The van der Waals surface area contributed by atoms with Gasteiger partial charge in [-0.15, -0.1) is 0 Å². The Hall–Kier alpha value is -3.94. The molecule has 2 atom stereocenters. The number of carbonyl (C=O) groups excluding carboxylic acids is 1. The minimum atomic E-state index is -0.0195. The number of carbonyl (C=O) groups is 1. The first-order chi connectivity index (χ1) is 16.7. The van der Waals surface area contributed by atoms with Gasteiger partial charge in [-0.25, -0.2) is 14.3 Å². The number of nitrogens with zero attached hydrogens (tertiary/aromatic N) is 6. The van der Waals surface area contributed by atoms with E-state index < -0.39 is 0 Å². The van der Waals surface area contributed by atoms with E-state index in [1.165, 1.54) is 6.42 Å². The number of hydrogen-bond acceptors (Lipinski definition) is 4. The predicted molar refractivity (Wildman–Crippen MR) is 131 cm³/mol. The summed E-state index contributed by atoms with van der Waals surface area (Å²) in [7, 11) is 1.93. The molecule has 8 nitrogen and oxygen atoms in total. The van der Waals surface area contributed by atoms with Crippen LogP contribution in [0.15, 0.2) is 67.4 Å². The standard InChI is InChI=1S/C26H27N7O/c1-31-26(22-7-2-3-8-23(22)30-31)33-24-10-9-19(14-20(24)15-28-33)25(34)29-21-6-4-5-18(13-21)16-32-12-11-27-17-32/h2-3,7-12,14-15,17-18,21H,4-6,13,16H2,1H3,(H,29,34). The normalized spacial score (nSPS) is 18.5. The highest BCUT2D eigenvalue weighted by Gasteiger charge is 2.24. The van der Waals surface area contributed by atoms with Crippen LogP contribution in [-0.4, -0.2) is 41.1 Å². The van der Waals surface area contributed by atoms with Crippen molar-refractivity contribution in [3.63, 3.8) is 0 Å². The van der Waals surface area contributed by atoms with E-state index in [1.807, 2.05) is 77.7 Å². The van der Waals surface area contributed by atoms with Crippen molar-refractivity contribution in [3.05, 3.63) is 72.9 Å². The van der Waals surface area contributed by atoms with Crippen LogP contribution in [0.2, 0.25) is 0 Å². The fourth-order valence-electron chi connectivity index (χ4n) is 5.28. The molecule has 0 bridgehead atoms. The van der Waals surface area contributed by atoms with Gasteiger partial charge in [0.05, 0.1) is 23.6 Å². The fourth-order valence-corrected chi connectivity index (χ4v) is 5.28. The number of aryl methyl sites for hydroxylation is 1. The molecule has 8 heteroatoms. The second-order valence-corrected chi connectivity index (χ2v) is 9.26. The number of fused-ring (bicyclic) bond motifs is 2. The highest BCUT2D eigenvalue weighted by Crippen LogP contribution is 2.27. The van der Waals surface area contributed by atoms with Crippen LogP contribution >= 0.6 is 0 Å². The number of nitrogens with one attached hydrogen (secondary N) is 1. The third-order valence-corrected chi connectivity index (χ3v) is 6.89. The molecule has 0 radical (unpaired) electrons. The Morgan fingerprint density at radius 1 is 1.18 bits per heavy atom. The number of aromatic nitrogens is 6. The second kappa shape index (κ2) is 8.44. The van der Waals surface area contributed by atoms with Crippen LogP contribution in [0.5, 0.6) is 0 Å². The Morgan fingerprint density at radius 2 is 2.09 bits per heavy atom. The summed E-state index contributed by atoms with van der Waals surface area (Å²) < 4.78 is 5.88. The molecular weight excluding hydrogens is 426 g/mol. The summed E-state index contributed by atoms with van der Waals surface area (Å²) in [6.45, 7) is 0.959. The van der Waals surface area contributed by atoms with E-state index >= 15 is 0 Å². The van der Waals surface area contributed by atoms with E-state index in [0.29, 0.717) is 11.5 Å². The average Bonchev–Trinajstić information content (AvgIpc) is 3.57. The number of amides is 1. The Labute approximate surface area is 197 Å². The number of hydrogen-bond donors (Lipinski definition) is 1. The fraction of sp³-hybridized carbons (Fsp3) is 0.308. The number of benzene rings is 2. The monoisotopic (exact) mass is 453 g/mol. The number of rotatable bonds is 5. The molecule has 1 fully saturated rings. The maximum absolute atomic E-state index is 13.1. The smallest absolute Gasteiger partial charge is 0.251 e. The number of imidazole rings is 1. The largest absolute Gasteiger partial charge is 0.349 e. The molecule has 0 spiro atoms. The van der Waals surface area contributed by atoms with E-state index in [0.717, 1.165) is 53.4 Å². The predicted octanol–water partition coefficient (Wildman–Crippen LogP) is 4.10. The molecule has 3 heterocycles. The van der Waals surface area contributed by atoms with Crippen LogP contribution in [0.1, 0.15) is 36.0 Å². The van der Waals surface area contributed by atoms with Gasteiger partial charge in [0.1, 0.15) is 0 Å². The second-order valence-electron chi connectivity index (χ2n) is 9.26. The quantitative estimate of drug-likeness (QED) is 0.434. The molecule has 2 aromatic carbocycles. The Balaban J connectivity index is 1.21. The van der Waals surface area contributed by atoms with Gasteiger partial charge < -0.3 is 9.88 Å². The van der Waals surface area contributed by atoms with Gasteiger partial charge in [0.25, 0.3) is 5.91 Å². The van der Waals surface area contributed by atoms with Gasteiger partial charge in [-0.2, -0.15) is 10.2 Å². The van der Waals surface area contributed by atoms with Gasteiger partial charge >= 0.3 is 0 Å². The maximum Gasteiger partial charge on any atom is 0.251 e. The highest BCUT2D eigenvalue weighted by molar-refractivity contribution is 5.98. The van der Waals surface area contributed by atoms with Crippen LogP contribution in [0.4, 0.5) is 0 Å². The SMILES string of the molecule is Cn1nc2ccccc2c1-n1ncc2cc(C(=O)NC3CCCC(Cn4ccnc4)C3)ccc21. The molecule has 3 aromatic heterocycles. The summed E-state index contributed by atoms with van der Waals surface area (Å²) in [5, 5.41) is 14.5. The maximum atomic E-state index is 13.1. The third-order valence-electron chi connectivity index (χ3n) is 6.89. The lowest BCUT2D eigenvalue weighted by atomic mass is 9.85. The van der Waals surface area contributed by atoms with Crippen molar-refractivity contribution in [2.75, 3.05) is 0 Å². The van der Waals surface area contributed by atoms with Crippen LogP contribution in [0, 0.1) is 5.92 Å². The first-order valence-corrected chi connectivity index (χ1v) is 11.8.